The Balaban J connectivity index is 1.92. The molecule has 6 nitrogen and oxygen atoms in total. The van der Waals surface area contributed by atoms with Gasteiger partial charge in [0, 0.05) is 6.42 Å². The molecule has 0 radical (unpaired) electrons. The minimum absolute atomic E-state index is 0.194. The third-order valence-electron chi connectivity index (χ3n) is 3.71. The number of nitrogens with zero attached hydrogens (tertiary/aromatic N) is 1. The lowest BCUT2D eigenvalue weighted by Gasteiger charge is -2.15. The summed E-state index contributed by atoms with van der Waals surface area (Å²) in [6.07, 6.45) is -0.799. The molecule has 3 rings (SSSR count). The number of carbonyl (C=O) groups is 1. The number of amides is 1. The van der Waals surface area contributed by atoms with Crippen LogP contribution in [0.15, 0.2) is 42.5 Å². The zero-order valence-corrected chi connectivity index (χ0v) is 12.9. The molecule has 0 saturated heterocycles. The van der Waals surface area contributed by atoms with Crippen molar-refractivity contribution in [3.05, 3.63) is 59.7 Å². The van der Waals surface area contributed by atoms with Crippen molar-refractivity contribution in [1.82, 2.24) is 15.3 Å². The Morgan fingerprint density at radius 2 is 2.08 bits per heavy atom. The van der Waals surface area contributed by atoms with Gasteiger partial charge in [-0.1, -0.05) is 18.2 Å². The van der Waals surface area contributed by atoms with Crippen LogP contribution in [0, 0.1) is 5.82 Å². The molecule has 0 aliphatic rings. The Hall–Kier alpha value is -3.09. The number of ether oxygens (including phenoxy) is 1. The maximum atomic E-state index is 13.8. The first-order valence-electron chi connectivity index (χ1n) is 7.33. The molecule has 1 heterocycles. The molecule has 2 aromatic carbocycles. The summed E-state index contributed by atoms with van der Waals surface area (Å²) in [5.74, 6) is 0.633. The van der Waals surface area contributed by atoms with E-state index in [1.807, 2.05) is 12.1 Å². The number of para-hydroxylation sites is 1. The van der Waals surface area contributed by atoms with Crippen LogP contribution in [0.25, 0.3) is 11.0 Å². The first-order valence-corrected chi connectivity index (χ1v) is 7.33. The smallest absolute Gasteiger partial charge is 0.405 e. The molecule has 0 saturated carbocycles. The standard InChI is InChI=1S/C17H16FN3O3/c1-24-11-7-5-10(6-8-11)9-14(20-17(22)23)16-19-13-4-2-3-12(18)15(13)21-16/h2-8,14,20H,9H2,1H3,(H,19,21)(H,22,23). The molecule has 0 fully saturated rings. The molecule has 1 aromatic heterocycles. The average molecular weight is 329 g/mol. The summed E-state index contributed by atoms with van der Waals surface area (Å²) < 4.78 is 18.9. The molecule has 1 atom stereocenters. The molecular formula is C17H16FN3O3. The molecule has 1 amide bonds. The van der Waals surface area contributed by atoms with Gasteiger partial charge in [-0.15, -0.1) is 0 Å². The van der Waals surface area contributed by atoms with Crippen molar-refractivity contribution in [3.63, 3.8) is 0 Å². The first-order chi connectivity index (χ1) is 11.6. The Morgan fingerprint density at radius 3 is 2.71 bits per heavy atom. The van der Waals surface area contributed by atoms with E-state index in [0.29, 0.717) is 23.5 Å². The second-order valence-electron chi connectivity index (χ2n) is 5.31. The minimum atomic E-state index is -1.17. The van der Waals surface area contributed by atoms with Crippen LogP contribution in [-0.2, 0) is 6.42 Å². The van der Waals surface area contributed by atoms with Crippen molar-refractivity contribution in [1.29, 1.82) is 0 Å². The van der Waals surface area contributed by atoms with E-state index in [2.05, 4.69) is 15.3 Å². The van der Waals surface area contributed by atoms with Crippen LogP contribution < -0.4 is 10.1 Å². The zero-order chi connectivity index (χ0) is 17.1. The number of halogens is 1. The maximum absolute atomic E-state index is 13.8. The van der Waals surface area contributed by atoms with E-state index in [-0.39, 0.29) is 5.52 Å². The Kier molecular flexibility index (Phi) is 4.33. The Labute approximate surface area is 137 Å². The van der Waals surface area contributed by atoms with Gasteiger partial charge in [-0.2, -0.15) is 0 Å². The van der Waals surface area contributed by atoms with Gasteiger partial charge in [0.2, 0.25) is 0 Å². The summed E-state index contributed by atoms with van der Waals surface area (Å²) in [7, 11) is 1.58. The van der Waals surface area contributed by atoms with Crippen molar-refractivity contribution in [3.8, 4) is 5.75 Å². The zero-order valence-electron chi connectivity index (χ0n) is 12.9. The second kappa shape index (κ2) is 6.57. The third kappa shape index (κ3) is 3.29. The molecule has 1 unspecified atom stereocenters. The highest BCUT2D eigenvalue weighted by Crippen LogP contribution is 2.22. The van der Waals surface area contributed by atoms with Crippen LogP contribution in [0.5, 0.6) is 5.75 Å². The van der Waals surface area contributed by atoms with Crippen molar-refractivity contribution in [2.24, 2.45) is 0 Å². The largest absolute Gasteiger partial charge is 0.497 e. The summed E-state index contributed by atoms with van der Waals surface area (Å²) in [5.41, 5.74) is 1.62. The van der Waals surface area contributed by atoms with Crippen molar-refractivity contribution < 1.29 is 19.0 Å². The van der Waals surface area contributed by atoms with E-state index >= 15 is 0 Å². The van der Waals surface area contributed by atoms with E-state index in [9.17, 15) is 9.18 Å². The number of aromatic amines is 1. The van der Waals surface area contributed by atoms with Gasteiger partial charge < -0.3 is 20.1 Å². The molecule has 0 spiro atoms. The normalized spacial score (nSPS) is 12.1. The highest BCUT2D eigenvalue weighted by molar-refractivity contribution is 5.76. The second-order valence-corrected chi connectivity index (χ2v) is 5.31. The van der Waals surface area contributed by atoms with Gasteiger partial charge in [0.05, 0.1) is 18.7 Å². The quantitative estimate of drug-likeness (QED) is 0.670. The minimum Gasteiger partial charge on any atom is -0.497 e. The lowest BCUT2D eigenvalue weighted by Crippen LogP contribution is -2.29. The fraction of sp³-hybridized carbons (Fsp3) is 0.176. The van der Waals surface area contributed by atoms with E-state index < -0.39 is 18.0 Å². The average Bonchev–Trinajstić information content (AvgIpc) is 3.00. The molecule has 0 aliphatic carbocycles. The fourth-order valence-corrected chi connectivity index (χ4v) is 2.54. The van der Waals surface area contributed by atoms with Crippen molar-refractivity contribution in [2.45, 2.75) is 12.5 Å². The van der Waals surface area contributed by atoms with Crippen LogP contribution >= 0.6 is 0 Å². The molecule has 0 aliphatic heterocycles. The van der Waals surface area contributed by atoms with Crippen molar-refractivity contribution >= 4 is 17.1 Å². The van der Waals surface area contributed by atoms with Gasteiger partial charge in [-0.05, 0) is 29.8 Å². The predicted octanol–water partition coefficient (Wildman–Crippen LogP) is 3.26. The molecule has 7 heteroatoms. The Morgan fingerprint density at radius 1 is 1.33 bits per heavy atom. The van der Waals surface area contributed by atoms with Gasteiger partial charge in [-0.25, -0.2) is 14.2 Å². The number of hydrogen-bond donors (Lipinski definition) is 3. The van der Waals surface area contributed by atoms with Gasteiger partial charge in [0.1, 0.15) is 17.1 Å². The van der Waals surface area contributed by atoms with E-state index in [1.54, 1.807) is 31.4 Å². The summed E-state index contributed by atoms with van der Waals surface area (Å²) in [6, 6.07) is 11.2. The van der Waals surface area contributed by atoms with Crippen LogP contribution in [0.1, 0.15) is 17.4 Å². The molecule has 3 N–H and O–H groups in total. The molecule has 124 valence electrons. The summed E-state index contributed by atoms with van der Waals surface area (Å²) in [6.45, 7) is 0. The van der Waals surface area contributed by atoms with E-state index in [0.717, 1.165) is 5.56 Å². The molecule has 24 heavy (non-hydrogen) atoms. The number of hydrogen-bond acceptors (Lipinski definition) is 3. The molecule has 3 aromatic rings. The monoisotopic (exact) mass is 329 g/mol. The summed E-state index contributed by atoms with van der Waals surface area (Å²) in [4.78, 5) is 18.3. The number of methoxy groups -OCH3 is 1. The summed E-state index contributed by atoms with van der Waals surface area (Å²) in [5, 5.41) is 11.5. The maximum Gasteiger partial charge on any atom is 0.405 e. The molecular weight excluding hydrogens is 313 g/mol. The number of nitrogens with one attached hydrogen (secondary N) is 2. The number of benzene rings is 2. The lowest BCUT2D eigenvalue weighted by atomic mass is 10.1. The van der Waals surface area contributed by atoms with Gasteiger partial charge in [0.25, 0.3) is 0 Å². The lowest BCUT2D eigenvalue weighted by molar-refractivity contribution is 0.189. The van der Waals surface area contributed by atoms with E-state index in [4.69, 9.17) is 9.84 Å². The Bertz CT molecular complexity index is 861. The number of carboxylic acid groups (broad SMARTS) is 1. The number of H-pyrrole nitrogens is 1. The highest BCUT2D eigenvalue weighted by atomic mass is 19.1. The number of aromatic nitrogens is 2. The fourth-order valence-electron chi connectivity index (χ4n) is 2.54. The van der Waals surface area contributed by atoms with Crippen LogP contribution in [0.2, 0.25) is 0 Å². The topological polar surface area (TPSA) is 87.2 Å². The third-order valence-corrected chi connectivity index (χ3v) is 3.71. The van der Waals surface area contributed by atoms with E-state index in [1.165, 1.54) is 6.07 Å². The molecule has 0 bridgehead atoms. The van der Waals surface area contributed by atoms with Gasteiger partial charge in [-0.3, -0.25) is 0 Å². The van der Waals surface area contributed by atoms with Gasteiger partial charge in [0.15, 0.2) is 5.82 Å². The van der Waals surface area contributed by atoms with Crippen LogP contribution in [-0.4, -0.2) is 28.3 Å². The summed E-state index contributed by atoms with van der Waals surface area (Å²) >= 11 is 0. The van der Waals surface area contributed by atoms with Crippen LogP contribution in [0.4, 0.5) is 9.18 Å². The van der Waals surface area contributed by atoms with Gasteiger partial charge >= 0.3 is 6.09 Å². The van der Waals surface area contributed by atoms with Crippen molar-refractivity contribution in [2.75, 3.05) is 7.11 Å². The number of imidazole rings is 1. The number of fused-ring (bicyclic) bond motifs is 1. The SMILES string of the molecule is COc1ccc(CC(NC(=O)O)c2nc3c(F)cccc3[nH]2)cc1. The first kappa shape index (κ1) is 15.8. The highest BCUT2D eigenvalue weighted by Gasteiger charge is 2.19. The van der Waals surface area contributed by atoms with Crippen LogP contribution in [0.3, 0.4) is 0 Å². The predicted molar refractivity (Wildman–Crippen MR) is 86.7 cm³/mol. The number of rotatable bonds is 5.